The van der Waals surface area contributed by atoms with Gasteiger partial charge >= 0.3 is 0 Å². The number of rotatable bonds is 12. The van der Waals surface area contributed by atoms with Gasteiger partial charge in [-0.25, -0.2) is 0 Å². The molecule has 2 nitrogen and oxygen atoms in total. The van der Waals surface area contributed by atoms with E-state index in [1.165, 1.54) is 68.2 Å². The van der Waals surface area contributed by atoms with Crippen LogP contribution in [0.2, 0.25) is 0 Å². The van der Waals surface area contributed by atoms with Gasteiger partial charge in [0.1, 0.15) is 0 Å². The summed E-state index contributed by atoms with van der Waals surface area (Å²) in [7, 11) is 0. The van der Waals surface area contributed by atoms with Gasteiger partial charge in [-0.2, -0.15) is 0 Å². The second-order valence-electron chi connectivity index (χ2n) is 20.9. The minimum atomic E-state index is 1.03. The fraction of sp³-hybridized carbons (Fsp3) is 0. The van der Waals surface area contributed by atoms with Crippen LogP contribution < -0.4 is 9.80 Å². The molecule has 82 heavy (non-hydrogen) atoms. The average Bonchev–Trinajstić information content (AvgIpc) is 4.31. The summed E-state index contributed by atoms with van der Waals surface area (Å²) in [5.41, 5.74) is 20.3. The van der Waals surface area contributed by atoms with Crippen molar-refractivity contribution in [3.8, 4) is 66.8 Å². The molecule has 0 N–H and O–H groups in total. The summed E-state index contributed by atoms with van der Waals surface area (Å²) in [6.45, 7) is 0. The fourth-order valence-electron chi connectivity index (χ4n) is 11.9. The molecule has 0 fully saturated rings. The van der Waals surface area contributed by atoms with Crippen LogP contribution in [0.4, 0.5) is 34.1 Å². The van der Waals surface area contributed by atoms with Crippen molar-refractivity contribution < 1.29 is 0 Å². The molecule has 0 amide bonds. The zero-order valence-corrected chi connectivity index (χ0v) is 46.4. The summed E-state index contributed by atoms with van der Waals surface area (Å²) in [6, 6.07) is 116. The number of fused-ring (bicyclic) bond motifs is 6. The van der Waals surface area contributed by atoms with Crippen molar-refractivity contribution >= 4 is 97.1 Å². The molecule has 0 bridgehead atoms. The van der Waals surface area contributed by atoms with E-state index in [0.717, 1.165) is 73.1 Å². The highest BCUT2D eigenvalue weighted by molar-refractivity contribution is 7.26. The first-order valence-corrected chi connectivity index (χ1v) is 29.5. The molecular formula is C78H52N2S2. The van der Waals surface area contributed by atoms with Gasteiger partial charge in [-0.15, -0.1) is 22.7 Å². The van der Waals surface area contributed by atoms with Gasteiger partial charge in [0, 0.05) is 74.5 Å². The molecule has 386 valence electrons. The van der Waals surface area contributed by atoms with Gasteiger partial charge in [0.05, 0.1) is 0 Å². The highest BCUT2D eigenvalue weighted by Crippen LogP contribution is 2.48. The lowest BCUT2D eigenvalue weighted by Gasteiger charge is -2.31. The lowest BCUT2D eigenvalue weighted by Crippen LogP contribution is -2.14. The van der Waals surface area contributed by atoms with E-state index in [2.05, 4.69) is 325 Å². The Morgan fingerprint density at radius 3 is 1.16 bits per heavy atom. The third-order valence-electron chi connectivity index (χ3n) is 15.8. The predicted octanol–water partition coefficient (Wildman–Crippen LogP) is 23.4. The molecule has 2 aromatic heterocycles. The Morgan fingerprint density at radius 2 is 0.561 bits per heavy atom. The Morgan fingerprint density at radius 1 is 0.183 bits per heavy atom. The summed E-state index contributed by atoms with van der Waals surface area (Å²) in [5, 5.41) is 5.17. The Labute approximate surface area is 486 Å². The van der Waals surface area contributed by atoms with E-state index in [-0.39, 0.29) is 0 Å². The second-order valence-corrected chi connectivity index (χ2v) is 23.0. The zero-order valence-electron chi connectivity index (χ0n) is 44.7. The Balaban J connectivity index is 0.942. The van der Waals surface area contributed by atoms with Crippen molar-refractivity contribution in [3.63, 3.8) is 0 Å². The average molecular weight is 1080 g/mol. The lowest BCUT2D eigenvalue weighted by molar-refractivity contribution is 1.25. The third-order valence-corrected chi connectivity index (χ3v) is 18.0. The van der Waals surface area contributed by atoms with Gasteiger partial charge in [0.25, 0.3) is 0 Å². The van der Waals surface area contributed by atoms with E-state index < -0.39 is 0 Å². The second kappa shape index (κ2) is 21.2. The minimum Gasteiger partial charge on any atom is -0.310 e. The summed E-state index contributed by atoms with van der Waals surface area (Å²) in [5.74, 6) is 0. The van der Waals surface area contributed by atoms with Gasteiger partial charge in [-0.3, -0.25) is 0 Å². The first-order chi connectivity index (χ1) is 40.6. The first-order valence-electron chi connectivity index (χ1n) is 27.9. The quantitative estimate of drug-likeness (QED) is 0.120. The van der Waals surface area contributed by atoms with Crippen LogP contribution in [0, 0.1) is 0 Å². The highest BCUT2D eigenvalue weighted by atomic mass is 32.1. The smallest absolute Gasteiger partial charge is 0.0488 e. The minimum absolute atomic E-state index is 1.03. The number of hydrogen-bond acceptors (Lipinski definition) is 4. The van der Waals surface area contributed by atoms with Crippen LogP contribution in [0.25, 0.3) is 107 Å². The molecule has 2 heterocycles. The highest BCUT2D eigenvalue weighted by Gasteiger charge is 2.22. The maximum Gasteiger partial charge on any atom is 0.0488 e. The van der Waals surface area contributed by atoms with Gasteiger partial charge in [-0.1, -0.05) is 206 Å². The molecule has 15 aromatic rings. The van der Waals surface area contributed by atoms with Crippen LogP contribution in [0.1, 0.15) is 0 Å². The number of thiophene rings is 2. The summed E-state index contributed by atoms with van der Waals surface area (Å²) < 4.78 is 5.19. The van der Waals surface area contributed by atoms with Crippen molar-refractivity contribution in [2.45, 2.75) is 0 Å². The SMILES string of the molecule is c1ccc(-c2cc(-c3ccccc3)cc(N(c3ccccc3)c3cc(-c4ccc(-c5cc(-c6ccccc6)cc6sc7ccccc7c56)cc4)cc(N(c4ccccc4)c4cccc(-c5ccc6sc7ccccc7c6c5)c4)c3)c2)cc1. The summed E-state index contributed by atoms with van der Waals surface area (Å²) >= 11 is 3.73. The van der Waals surface area contributed by atoms with Crippen molar-refractivity contribution in [1.82, 2.24) is 0 Å². The van der Waals surface area contributed by atoms with Crippen LogP contribution in [0.15, 0.2) is 315 Å². The Bertz CT molecular complexity index is 4720. The molecule has 15 rings (SSSR count). The van der Waals surface area contributed by atoms with Crippen molar-refractivity contribution in [2.75, 3.05) is 9.80 Å². The van der Waals surface area contributed by atoms with Gasteiger partial charge in [-0.05, 0) is 176 Å². The first kappa shape index (κ1) is 49.0. The summed E-state index contributed by atoms with van der Waals surface area (Å²) in [6.07, 6.45) is 0. The largest absolute Gasteiger partial charge is 0.310 e. The zero-order chi connectivity index (χ0) is 54.3. The normalized spacial score (nSPS) is 11.4. The molecule has 0 unspecified atom stereocenters. The standard InChI is InChI=1S/C78H52N2S2/c1-6-21-53(22-7-1)60-43-61(54-23-8-2-9-24-54)46-67(45-60)80(65-30-14-5-15-31-65)69-48-62(56-37-39-57(40-38-56)72-50-63(55-25-10-3-11-26-55)51-77-78(72)71-34-17-19-36-75(71)82-77)47-68(52-69)79(64-28-12-4-13-29-64)66-32-20-27-58(44-66)59-41-42-76-73(49-59)70-33-16-18-35-74(70)81-76/h1-52H. The van der Waals surface area contributed by atoms with E-state index in [0.29, 0.717) is 0 Å². The third kappa shape index (κ3) is 9.30. The van der Waals surface area contributed by atoms with Gasteiger partial charge in [0.15, 0.2) is 0 Å². The topological polar surface area (TPSA) is 6.48 Å². The molecule has 0 saturated heterocycles. The number of benzene rings is 13. The molecule has 0 aliphatic carbocycles. The van der Waals surface area contributed by atoms with E-state index in [9.17, 15) is 0 Å². The molecule has 0 saturated carbocycles. The van der Waals surface area contributed by atoms with E-state index in [4.69, 9.17) is 0 Å². The number of hydrogen-bond donors (Lipinski definition) is 0. The van der Waals surface area contributed by atoms with Gasteiger partial charge < -0.3 is 9.80 Å². The lowest BCUT2D eigenvalue weighted by atomic mass is 9.93. The maximum absolute atomic E-state index is 2.44. The predicted molar refractivity (Wildman–Crippen MR) is 354 cm³/mol. The number of nitrogens with zero attached hydrogens (tertiary/aromatic N) is 2. The van der Waals surface area contributed by atoms with E-state index >= 15 is 0 Å². The Kier molecular flexibility index (Phi) is 12.6. The molecule has 4 heteroatoms. The van der Waals surface area contributed by atoms with Crippen LogP contribution in [0.3, 0.4) is 0 Å². The van der Waals surface area contributed by atoms with Crippen molar-refractivity contribution in [2.24, 2.45) is 0 Å². The van der Waals surface area contributed by atoms with Crippen molar-refractivity contribution in [1.29, 1.82) is 0 Å². The molecule has 0 radical (unpaired) electrons. The Hall–Kier alpha value is -10.1. The number of para-hydroxylation sites is 2. The van der Waals surface area contributed by atoms with Crippen LogP contribution in [-0.2, 0) is 0 Å². The molecule has 13 aromatic carbocycles. The number of anilines is 6. The maximum atomic E-state index is 2.44. The van der Waals surface area contributed by atoms with Crippen LogP contribution in [-0.4, -0.2) is 0 Å². The van der Waals surface area contributed by atoms with E-state index in [1.54, 1.807) is 0 Å². The van der Waals surface area contributed by atoms with E-state index in [1.807, 2.05) is 22.7 Å². The molecule has 0 aliphatic rings. The monoisotopic (exact) mass is 1080 g/mol. The van der Waals surface area contributed by atoms with Gasteiger partial charge in [0.2, 0.25) is 0 Å². The molecule has 0 atom stereocenters. The fourth-order valence-corrected chi connectivity index (χ4v) is 14.1. The molecule has 0 aliphatic heterocycles. The summed E-state index contributed by atoms with van der Waals surface area (Å²) in [4.78, 5) is 4.86. The van der Waals surface area contributed by atoms with Crippen molar-refractivity contribution in [3.05, 3.63) is 315 Å². The van der Waals surface area contributed by atoms with Crippen LogP contribution >= 0.6 is 22.7 Å². The molecular weight excluding hydrogens is 1030 g/mol. The molecule has 0 spiro atoms. The van der Waals surface area contributed by atoms with Crippen LogP contribution in [0.5, 0.6) is 0 Å².